The van der Waals surface area contributed by atoms with Crippen LogP contribution in [0.15, 0.2) is 40.4 Å². The molecule has 0 heterocycles. The van der Waals surface area contributed by atoms with Gasteiger partial charge < -0.3 is 9.47 Å². The Hall–Kier alpha value is -2.24. The molecule has 2 unspecified atom stereocenters. The number of ether oxygens (including phenoxy) is 2. The number of nitrogens with zero attached hydrogens (tertiary/aromatic N) is 2. The molecule has 2 aliphatic carbocycles. The van der Waals surface area contributed by atoms with Crippen LogP contribution in [0.1, 0.15) is 37.2 Å². The zero-order valence-electron chi connectivity index (χ0n) is 15.0. The average molecular weight is 413 g/mol. The Labute approximate surface area is 162 Å². The van der Waals surface area contributed by atoms with E-state index in [9.17, 15) is 10.5 Å². The molecule has 0 amide bonds. The molecular weight excluding hydrogens is 392 g/mol. The van der Waals surface area contributed by atoms with Crippen molar-refractivity contribution in [2.24, 2.45) is 11.3 Å². The van der Waals surface area contributed by atoms with Gasteiger partial charge in [-0.1, -0.05) is 18.2 Å². The van der Waals surface area contributed by atoms with Crippen LogP contribution in [0.3, 0.4) is 0 Å². The van der Waals surface area contributed by atoms with Crippen LogP contribution in [0.4, 0.5) is 0 Å². The summed E-state index contributed by atoms with van der Waals surface area (Å²) in [5.41, 5.74) is 0.891. The summed E-state index contributed by atoms with van der Waals surface area (Å²) in [5.74, 6) is 1.63. The van der Waals surface area contributed by atoms with E-state index < -0.39 is 5.41 Å². The molecule has 0 N–H and O–H groups in total. The Bertz CT molecular complexity index is 831. The number of allylic oxidation sites excluding steroid dienone is 4. The van der Waals surface area contributed by atoms with Gasteiger partial charge >= 0.3 is 0 Å². The Morgan fingerprint density at radius 3 is 2.50 bits per heavy atom. The smallest absolute Gasteiger partial charge is 0.168 e. The van der Waals surface area contributed by atoms with E-state index in [0.29, 0.717) is 6.42 Å². The molecule has 0 radical (unpaired) electrons. The van der Waals surface area contributed by atoms with Gasteiger partial charge in [0.1, 0.15) is 11.5 Å². The monoisotopic (exact) mass is 412 g/mol. The molecule has 26 heavy (non-hydrogen) atoms. The van der Waals surface area contributed by atoms with E-state index in [0.717, 1.165) is 46.4 Å². The van der Waals surface area contributed by atoms with Gasteiger partial charge in [-0.25, -0.2) is 0 Å². The van der Waals surface area contributed by atoms with Crippen molar-refractivity contribution in [1.29, 1.82) is 10.5 Å². The largest absolute Gasteiger partial charge is 0.496 e. The molecule has 0 aromatic heterocycles. The lowest BCUT2D eigenvalue weighted by molar-refractivity contribution is 0.377. The zero-order valence-corrected chi connectivity index (χ0v) is 16.5. The number of hydrogen-bond acceptors (Lipinski definition) is 4. The maximum Gasteiger partial charge on any atom is 0.168 e. The van der Waals surface area contributed by atoms with E-state index in [4.69, 9.17) is 9.47 Å². The van der Waals surface area contributed by atoms with Gasteiger partial charge in [0.25, 0.3) is 0 Å². The van der Waals surface area contributed by atoms with E-state index in [1.54, 1.807) is 14.2 Å². The predicted octanol–water partition coefficient (Wildman–Crippen LogP) is 5.27. The van der Waals surface area contributed by atoms with Gasteiger partial charge in [-0.3, -0.25) is 0 Å². The van der Waals surface area contributed by atoms with Crippen LogP contribution in [0, 0.1) is 34.0 Å². The third-order valence-corrected chi connectivity index (χ3v) is 6.25. The third-order valence-electron chi connectivity index (χ3n) is 5.44. The van der Waals surface area contributed by atoms with Gasteiger partial charge in [-0.2, -0.15) is 10.5 Å². The van der Waals surface area contributed by atoms with Crippen molar-refractivity contribution in [2.45, 2.75) is 31.6 Å². The SMILES string of the molecule is COc1ccc(OC)c(C2C=CCC(C#N)(C#N)C3=CCCCC32)c1Br. The molecule has 0 aliphatic heterocycles. The molecule has 134 valence electrons. The maximum atomic E-state index is 9.80. The van der Waals surface area contributed by atoms with Crippen molar-refractivity contribution in [2.75, 3.05) is 14.2 Å². The molecule has 5 heteroatoms. The normalized spacial score (nSPS) is 23.7. The predicted molar refractivity (Wildman–Crippen MR) is 103 cm³/mol. The minimum absolute atomic E-state index is 0.0181. The standard InChI is InChI=1S/C21H21BrN2O2/c1-25-17-9-10-18(26-2)20(22)19(17)15-7-5-11-21(12-23,13-24)16-8-4-3-6-14(15)16/h5,7-10,14-15H,3-4,6,11H2,1-2H3. The first-order chi connectivity index (χ1) is 12.6. The van der Waals surface area contributed by atoms with Crippen molar-refractivity contribution in [3.63, 3.8) is 0 Å². The lowest BCUT2D eigenvalue weighted by atomic mass is 9.67. The first-order valence-corrected chi connectivity index (χ1v) is 9.51. The number of rotatable bonds is 3. The van der Waals surface area contributed by atoms with Crippen molar-refractivity contribution >= 4 is 15.9 Å². The molecule has 0 fully saturated rings. The van der Waals surface area contributed by atoms with Crippen molar-refractivity contribution in [1.82, 2.24) is 0 Å². The van der Waals surface area contributed by atoms with Crippen LogP contribution in [0.2, 0.25) is 0 Å². The fraction of sp³-hybridized carbons (Fsp3) is 0.429. The van der Waals surface area contributed by atoms with Gasteiger partial charge in [0.2, 0.25) is 0 Å². The lowest BCUT2D eigenvalue weighted by Crippen LogP contribution is -2.28. The van der Waals surface area contributed by atoms with Gasteiger partial charge in [0.05, 0.1) is 30.8 Å². The Balaban J connectivity index is 2.19. The number of nitriles is 2. The summed E-state index contributed by atoms with van der Waals surface area (Å²) < 4.78 is 12.0. The molecule has 0 spiro atoms. The summed E-state index contributed by atoms with van der Waals surface area (Å²) >= 11 is 3.69. The first-order valence-electron chi connectivity index (χ1n) is 8.72. The number of halogens is 1. The summed E-state index contributed by atoms with van der Waals surface area (Å²) in [5, 5.41) is 19.6. The molecule has 2 aliphatic rings. The highest BCUT2D eigenvalue weighted by Gasteiger charge is 2.44. The van der Waals surface area contributed by atoms with E-state index in [1.807, 2.05) is 18.2 Å². The summed E-state index contributed by atoms with van der Waals surface area (Å²) in [6.07, 6.45) is 9.54. The molecule has 4 nitrogen and oxygen atoms in total. The fourth-order valence-corrected chi connectivity index (χ4v) is 4.91. The molecule has 0 saturated heterocycles. The second-order valence-electron chi connectivity index (χ2n) is 6.68. The number of hydrogen-bond donors (Lipinski definition) is 0. The third kappa shape index (κ3) is 2.91. The Morgan fingerprint density at radius 1 is 1.15 bits per heavy atom. The van der Waals surface area contributed by atoms with E-state index in [2.05, 4.69) is 40.2 Å². The molecule has 2 atom stereocenters. The van der Waals surface area contributed by atoms with Gasteiger partial charge in [0.15, 0.2) is 5.41 Å². The van der Waals surface area contributed by atoms with Crippen molar-refractivity contribution in [3.8, 4) is 23.6 Å². The molecule has 0 saturated carbocycles. The highest BCUT2D eigenvalue weighted by molar-refractivity contribution is 9.10. The molecular formula is C21H21BrN2O2. The highest BCUT2D eigenvalue weighted by atomic mass is 79.9. The average Bonchev–Trinajstić information content (AvgIpc) is 2.85. The van der Waals surface area contributed by atoms with E-state index in [1.165, 1.54) is 0 Å². The van der Waals surface area contributed by atoms with Crippen LogP contribution >= 0.6 is 15.9 Å². The molecule has 1 aromatic rings. The molecule has 0 bridgehead atoms. The van der Waals surface area contributed by atoms with Crippen LogP contribution in [-0.2, 0) is 0 Å². The van der Waals surface area contributed by atoms with E-state index in [-0.39, 0.29) is 11.8 Å². The summed E-state index contributed by atoms with van der Waals surface area (Å²) in [7, 11) is 3.30. The first kappa shape index (κ1) is 18.5. The summed E-state index contributed by atoms with van der Waals surface area (Å²) in [4.78, 5) is 0. The lowest BCUT2D eigenvalue weighted by Gasteiger charge is -2.34. The van der Waals surface area contributed by atoms with Crippen molar-refractivity contribution in [3.05, 3.63) is 46.0 Å². The molecule has 1 aromatic carbocycles. The minimum Gasteiger partial charge on any atom is -0.496 e. The summed E-state index contributed by atoms with van der Waals surface area (Å²) in [6, 6.07) is 8.37. The highest BCUT2D eigenvalue weighted by Crippen LogP contribution is 2.52. The fourth-order valence-electron chi connectivity index (χ4n) is 4.15. The number of fused-ring (bicyclic) bond motifs is 1. The number of benzene rings is 1. The van der Waals surface area contributed by atoms with Gasteiger partial charge in [-0.05, 0) is 58.8 Å². The minimum atomic E-state index is -1.07. The topological polar surface area (TPSA) is 66.0 Å². The van der Waals surface area contributed by atoms with Crippen LogP contribution in [0.25, 0.3) is 0 Å². The number of methoxy groups -OCH3 is 2. The van der Waals surface area contributed by atoms with Crippen LogP contribution in [0.5, 0.6) is 11.5 Å². The Kier molecular flexibility index (Phi) is 5.39. The Morgan fingerprint density at radius 2 is 1.85 bits per heavy atom. The van der Waals surface area contributed by atoms with Gasteiger partial charge in [0, 0.05) is 17.9 Å². The maximum absolute atomic E-state index is 9.80. The van der Waals surface area contributed by atoms with Crippen molar-refractivity contribution < 1.29 is 9.47 Å². The summed E-state index contributed by atoms with van der Waals surface area (Å²) in [6.45, 7) is 0. The van der Waals surface area contributed by atoms with Crippen LogP contribution < -0.4 is 9.47 Å². The van der Waals surface area contributed by atoms with Gasteiger partial charge in [-0.15, -0.1) is 0 Å². The quantitative estimate of drug-likeness (QED) is 0.634. The molecule has 3 rings (SSSR count). The van der Waals surface area contributed by atoms with Crippen LogP contribution in [-0.4, -0.2) is 14.2 Å². The second kappa shape index (κ2) is 7.56. The zero-order chi connectivity index (χ0) is 18.7. The second-order valence-corrected chi connectivity index (χ2v) is 7.47. The van der Waals surface area contributed by atoms with E-state index >= 15 is 0 Å².